The van der Waals surface area contributed by atoms with Gasteiger partial charge in [-0.15, -0.1) is 5.48 Å². The van der Waals surface area contributed by atoms with Gasteiger partial charge < -0.3 is 14.7 Å². The van der Waals surface area contributed by atoms with E-state index in [4.69, 9.17) is 19.8 Å². The van der Waals surface area contributed by atoms with E-state index >= 15 is 4.39 Å². The molecule has 1 amide bonds. The van der Waals surface area contributed by atoms with Gasteiger partial charge in [-0.2, -0.15) is 0 Å². The molecule has 202 valence electrons. The van der Waals surface area contributed by atoms with Crippen LogP contribution in [0.3, 0.4) is 0 Å². The van der Waals surface area contributed by atoms with Gasteiger partial charge in [0.15, 0.2) is 35.5 Å². The summed E-state index contributed by atoms with van der Waals surface area (Å²) >= 11 is 0. The van der Waals surface area contributed by atoms with Crippen molar-refractivity contribution in [1.29, 1.82) is 0 Å². The van der Waals surface area contributed by atoms with E-state index in [0.29, 0.717) is 47.1 Å². The Kier molecular flexibility index (Phi) is 6.90. The van der Waals surface area contributed by atoms with E-state index in [1.54, 1.807) is 12.1 Å². The molecule has 0 radical (unpaired) electrons. The summed E-state index contributed by atoms with van der Waals surface area (Å²) in [5.41, 5.74) is 4.33. The van der Waals surface area contributed by atoms with Gasteiger partial charge >= 0.3 is 6.09 Å². The van der Waals surface area contributed by atoms with Crippen LogP contribution in [-0.2, 0) is 11.4 Å². The number of amides is 1. The third-order valence-corrected chi connectivity index (χ3v) is 8.56. The first-order chi connectivity index (χ1) is 18.5. The minimum absolute atomic E-state index is 0.190. The van der Waals surface area contributed by atoms with E-state index < -0.39 is 18.4 Å². The number of alkyl halides is 1. The molecule has 1 saturated heterocycles. The predicted octanol–water partition coefficient (Wildman–Crippen LogP) is 5.56. The fraction of sp³-hybridized carbons (Fsp3) is 0.571. The lowest BCUT2D eigenvalue weighted by Crippen LogP contribution is -2.32. The van der Waals surface area contributed by atoms with Gasteiger partial charge in [-0.3, -0.25) is 5.32 Å². The van der Waals surface area contributed by atoms with Crippen molar-refractivity contribution in [3.05, 3.63) is 47.5 Å². The van der Waals surface area contributed by atoms with Gasteiger partial charge in [0.05, 0.1) is 0 Å². The number of nitrogens with one attached hydrogen (secondary N) is 3. The van der Waals surface area contributed by atoms with Crippen molar-refractivity contribution in [2.75, 3.05) is 5.32 Å². The molecule has 2 aliphatic carbocycles. The monoisotopic (exact) mass is 521 g/mol. The predicted molar refractivity (Wildman–Crippen MR) is 142 cm³/mol. The van der Waals surface area contributed by atoms with Crippen LogP contribution in [0.1, 0.15) is 88.3 Å². The summed E-state index contributed by atoms with van der Waals surface area (Å²) in [6, 6.07) is 9.35. The lowest BCUT2D eigenvalue weighted by Gasteiger charge is -2.32. The third kappa shape index (κ3) is 4.93. The standard InChI is InChI=1S/C28H36FN7O2/c1-16-11-13-18(14-12-16)15-36-22-23(30-17(2)19-9-6-10-19)31-25(26-34-28(37)38-35-26)32-24(22)33-27(36)21(29)20-7-4-3-5-8-20/h3-5,7-8,16-19,21,26,35H,6,9-15H2,1-2H3,(H,34,37)(H,30,31,32)/t16?,17-,18?,21?,26?/m1/s1. The molecule has 3 atom stereocenters. The molecule has 6 rings (SSSR count). The van der Waals surface area contributed by atoms with Crippen molar-refractivity contribution in [2.45, 2.75) is 83.7 Å². The lowest BCUT2D eigenvalue weighted by atomic mass is 9.80. The number of hydroxylamine groups is 1. The Morgan fingerprint density at radius 3 is 2.53 bits per heavy atom. The van der Waals surface area contributed by atoms with Crippen molar-refractivity contribution >= 4 is 23.1 Å². The van der Waals surface area contributed by atoms with Crippen LogP contribution < -0.4 is 16.1 Å². The number of rotatable bonds is 8. The maximum Gasteiger partial charge on any atom is 0.427 e. The second kappa shape index (κ2) is 10.5. The first-order valence-corrected chi connectivity index (χ1v) is 13.9. The molecule has 3 aromatic rings. The number of halogens is 1. The second-order valence-electron chi connectivity index (χ2n) is 11.3. The molecule has 1 aliphatic heterocycles. The number of carbonyl (C=O) groups excluding carboxylic acids is 1. The SMILES string of the molecule is CC1CCC(Cn2c(C(F)c3ccccc3)nc3nc(C4NOC(=O)N4)nc(N[C@H](C)C4CCC4)c32)CC1. The second-order valence-corrected chi connectivity index (χ2v) is 11.3. The molecule has 0 spiro atoms. The van der Waals surface area contributed by atoms with Crippen LogP contribution in [0.5, 0.6) is 0 Å². The van der Waals surface area contributed by atoms with Gasteiger partial charge in [0.2, 0.25) is 0 Å². The van der Waals surface area contributed by atoms with Crippen molar-refractivity contribution in [3.8, 4) is 0 Å². The number of fused-ring (bicyclic) bond motifs is 1. The van der Waals surface area contributed by atoms with Crippen LogP contribution in [0.2, 0.25) is 0 Å². The summed E-state index contributed by atoms with van der Waals surface area (Å²) < 4.78 is 18.2. The average molecular weight is 522 g/mol. The number of carbonyl (C=O) groups is 1. The Hall–Kier alpha value is -3.27. The van der Waals surface area contributed by atoms with E-state index in [1.165, 1.54) is 32.1 Å². The van der Waals surface area contributed by atoms with Crippen LogP contribution in [0.25, 0.3) is 11.2 Å². The van der Waals surface area contributed by atoms with Gasteiger partial charge in [0.25, 0.3) is 0 Å². The summed E-state index contributed by atoms with van der Waals surface area (Å²) in [5.74, 6) is 3.01. The van der Waals surface area contributed by atoms with Crippen LogP contribution >= 0.6 is 0 Å². The van der Waals surface area contributed by atoms with Crippen molar-refractivity contribution in [3.63, 3.8) is 0 Å². The number of benzene rings is 1. The fourth-order valence-electron chi connectivity index (χ4n) is 5.90. The molecule has 38 heavy (non-hydrogen) atoms. The first-order valence-electron chi connectivity index (χ1n) is 13.9. The molecule has 3 N–H and O–H groups in total. The molecule has 2 saturated carbocycles. The van der Waals surface area contributed by atoms with Crippen LogP contribution in [0, 0.1) is 17.8 Å². The van der Waals surface area contributed by atoms with Crippen LogP contribution in [0.15, 0.2) is 30.3 Å². The quantitative estimate of drug-likeness (QED) is 0.357. The zero-order valence-corrected chi connectivity index (χ0v) is 22.0. The van der Waals surface area contributed by atoms with E-state index in [2.05, 4.69) is 30.0 Å². The highest BCUT2D eigenvalue weighted by Gasteiger charge is 2.32. The maximum absolute atomic E-state index is 16.2. The van der Waals surface area contributed by atoms with Gasteiger partial charge in [0, 0.05) is 12.6 Å². The van der Waals surface area contributed by atoms with Gasteiger partial charge in [-0.05, 0) is 55.9 Å². The average Bonchev–Trinajstić information content (AvgIpc) is 3.48. The van der Waals surface area contributed by atoms with Gasteiger partial charge in [-0.1, -0.05) is 56.5 Å². The van der Waals surface area contributed by atoms with Crippen molar-refractivity contribution in [1.82, 2.24) is 30.3 Å². The molecule has 0 bridgehead atoms. The highest BCUT2D eigenvalue weighted by Crippen LogP contribution is 2.37. The highest BCUT2D eigenvalue weighted by atomic mass is 19.1. The molecule has 9 nitrogen and oxygen atoms in total. The minimum Gasteiger partial charge on any atom is -0.365 e. The zero-order chi connectivity index (χ0) is 26.2. The molecule has 2 aromatic heterocycles. The molecule has 10 heteroatoms. The summed E-state index contributed by atoms with van der Waals surface area (Å²) in [5, 5.41) is 6.29. The zero-order valence-electron chi connectivity index (χ0n) is 22.0. The largest absolute Gasteiger partial charge is 0.427 e. The Labute approximate surface area is 221 Å². The van der Waals surface area contributed by atoms with Gasteiger partial charge in [-0.25, -0.2) is 24.1 Å². The van der Waals surface area contributed by atoms with Crippen molar-refractivity contribution < 1.29 is 14.0 Å². The van der Waals surface area contributed by atoms with E-state index in [9.17, 15) is 4.79 Å². The molecule has 2 unspecified atom stereocenters. The summed E-state index contributed by atoms with van der Waals surface area (Å²) in [6.07, 6.45) is 5.46. The highest BCUT2D eigenvalue weighted by molar-refractivity contribution is 5.84. The number of imidazole rings is 1. The molecule has 1 aromatic carbocycles. The summed E-state index contributed by atoms with van der Waals surface area (Å²) in [7, 11) is 0. The molecular formula is C28H36FN7O2. The number of hydrogen-bond acceptors (Lipinski definition) is 7. The van der Waals surface area contributed by atoms with Crippen molar-refractivity contribution in [2.24, 2.45) is 17.8 Å². The smallest absolute Gasteiger partial charge is 0.365 e. The number of nitrogens with zero attached hydrogens (tertiary/aromatic N) is 4. The fourth-order valence-corrected chi connectivity index (χ4v) is 5.90. The third-order valence-electron chi connectivity index (χ3n) is 8.56. The number of anilines is 1. The lowest BCUT2D eigenvalue weighted by molar-refractivity contribution is 0.120. The maximum atomic E-state index is 16.2. The first kappa shape index (κ1) is 25.0. The Morgan fingerprint density at radius 2 is 1.87 bits per heavy atom. The normalized spacial score (nSPS) is 25.4. The minimum atomic E-state index is -1.40. The van der Waals surface area contributed by atoms with Crippen LogP contribution in [-0.4, -0.2) is 31.7 Å². The molecule has 3 heterocycles. The Bertz CT molecular complexity index is 1290. The van der Waals surface area contributed by atoms with E-state index in [-0.39, 0.29) is 6.04 Å². The van der Waals surface area contributed by atoms with E-state index in [1.807, 2.05) is 22.8 Å². The Morgan fingerprint density at radius 1 is 1.11 bits per heavy atom. The van der Waals surface area contributed by atoms with Crippen LogP contribution in [0.4, 0.5) is 15.0 Å². The molecular weight excluding hydrogens is 485 g/mol. The summed E-state index contributed by atoms with van der Waals surface area (Å²) in [6.45, 7) is 5.14. The number of aromatic nitrogens is 4. The molecule has 3 aliphatic rings. The van der Waals surface area contributed by atoms with E-state index in [0.717, 1.165) is 24.3 Å². The topological polar surface area (TPSA) is 106 Å². The molecule has 3 fully saturated rings. The van der Waals surface area contributed by atoms with Gasteiger partial charge in [0.1, 0.15) is 5.52 Å². The summed E-state index contributed by atoms with van der Waals surface area (Å²) in [4.78, 5) is 30.9. The number of hydrogen-bond donors (Lipinski definition) is 3. The Balaban J connectivity index is 1.46.